The summed E-state index contributed by atoms with van der Waals surface area (Å²) < 4.78 is 10.7. The average Bonchev–Trinajstić information content (AvgIpc) is 2.38. The lowest BCUT2D eigenvalue weighted by Gasteiger charge is -2.10. The van der Waals surface area contributed by atoms with Crippen molar-refractivity contribution in [3.05, 3.63) is 53.6 Å². The highest BCUT2D eigenvalue weighted by Gasteiger charge is 2.13. The zero-order valence-electron chi connectivity index (χ0n) is 10.7. The fourth-order valence-electron chi connectivity index (χ4n) is 1.70. The first-order chi connectivity index (χ1) is 9.10. The van der Waals surface area contributed by atoms with Gasteiger partial charge in [0.1, 0.15) is 22.8 Å². The summed E-state index contributed by atoms with van der Waals surface area (Å²) in [6, 6.07) is 12.0. The van der Waals surface area contributed by atoms with Gasteiger partial charge in [0, 0.05) is 6.07 Å². The summed E-state index contributed by atoms with van der Waals surface area (Å²) in [5, 5.41) is 9.14. The van der Waals surface area contributed by atoms with Gasteiger partial charge in [-0.3, -0.25) is 0 Å². The molecule has 0 atom stereocenters. The van der Waals surface area contributed by atoms with Crippen molar-refractivity contribution in [3.8, 4) is 17.2 Å². The highest BCUT2D eigenvalue weighted by molar-refractivity contribution is 5.91. The van der Waals surface area contributed by atoms with Gasteiger partial charge in [-0.2, -0.15) is 0 Å². The molecule has 0 aromatic heterocycles. The number of carboxylic acids is 1. The summed E-state index contributed by atoms with van der Waals surface area (Å²) in [5.74, 6) is 0.367. The molecule has 0 unspecified atom stereocenters. The number of aromatic carboxylic acids is 1. The minimum atomic E-state index is -1.04. The molecular formula is C15H14O4. The lowest BCUT2D eigenvalue weighted by molar-refractivity contribution is 0.0694. The standard InChI is InChI=1S/C15H14O4/c1-10-4-3-5-12(8-10)19-14-9-11(18-2)6-7-13(14)15(16)17/h3-9H,1-2H3,(H,16,17). The van der Waals surface area contributed by atoms with E-state index in [2.05, 4.69) is 0 Å². The largest absolute Gasteiger partial charge is 0.497 e. The van der Waals surface area contributed by atoms with Gasteiger partial charge >= 0.3 is 5.97 Å². The molecule has 4 heteroatoms. The number of ether oxygens (including phenoxy) is 2. The Balaban J connectivity index is 2.39. The van der Waals surface area contributed by atoms with Gasteiger partial charge in [0.05, 0.1) is 7.11 Å². The number of carbonyl (C=O) groups is 1. The fourth-order valence-corrected chi connectivity index (χ4v) is 1.70. The van der Waals surface area contributed by atoms with Gasteiger partial charge in [-0.05, 0) is 36.8 Å². The molecule has 0 aliphatic rings. The highest BCUT2D eigenvalue weighted by atomic mass is 16.5. The van der Waals surface area contributed by atoms with E-state index in [-0.39, 0.29) is 11.3 Å². The monoisotopic (exact) mass is 258 g/mol. The van der Waals surface area contributed by atoms with Gasteiger partial charge in [0.25, 0.3) is 0 Å². The minimum absolute atomic E-state index is 0.0994. The second kappa shape index (κ2) is 5.44. The van der Waals surface area contributed by atoms with Gasteiger partial charge in [-0.1, -0.05) is 12.1 Å². The molecule has 98 valence electrons. The first-order valence-corrected chi connectivity index (χ1v) is 5.76. The van der Waals surface area contributed by atoms with E-state index in [9.17, 15) is 4.79 Å². The van der Waals surface area contributed by atoms with Crippen molar-refractivity contribution < 1.29 is 19.4 Å². The van der Waals surface area contributed by atoms with Gasteiger partial charge < -0.3 is 14.6 Å². The van der Waals surface area contributed by atoms with Crippen LogP contribution in [0, 0.1) is 6.92 Å². The molecule has 0 fully saturated rings. The number of benzene rings is 2. The maximum Gasteiger partial charge on any atom is 0.339 e. The zero-order chi connectivity index (χ0) is 13.8. The third-order valence-corrected chi connectivity index (χ3v) is 2.64. The Labute approximate surface area is 111 Å². The number of carboxylic acid groups (broad SMARTS) is 1. The number of hydrogen-bond acceptors (Lipinski definition) is 3. The highest BCUT2D eigenvalue weighted by Crippen LogP contribution is 2.29. The number of methoxy groups -OCH3 is 1. The maximum atomic E-state index is 11.2. The number of hydrogen-bond donors (Lipinski definition) is 1. The fraction of sp³-hybridized carbons (Fsp3) is 0.133. The third kappa shape index (κ3) is 3.04. The predicted octanol–water partition coefficient (Wildman–Crippen LogP) is 3.49. The van der Waals surface area contributed by atoms with Crippen LogP contribution in [0.3, 0.4) is 0 Å². The Morgan fingerprint density at radius 2 is 1.89 bits per heavy atom. The van der Waals surface area contributed by atoms with Crippen molar-refractivity contribution in [2.45, 2.75) is 6.92 Å². The van der Waals surface area contributed by atoms with E-state index in [4.69, 9.17) is 14.6 Å². The Kier molecular flexibility index (Phi) is 3.71. The molecule has 0 bridgehead atoms. The van der Waals surface area contributed by atoms with Crippen LogP contribution in [0.2, 0.25) is 0 Å². The molecule has 0 spiro atoms. The first kappa shape index (κ1) is 13.0. The van der Waals surface area contributed by atoms with Gasteiger partial charge in [-0.25, -0.2) is 4.79 Å². The van der Waals surface area contributed by atoms with Crippen LogP contribution in [0.5, 0.6) is 17.2 Å². The lowest BCUT2D eigenvalue weighted by Crippen LogP contribution is -2.00. The average molecular weight is 258 g/mol. The van der Waals surface area contributed by atoms with Gasteiger partial charge in [-0.15, -0.1) is 0 Å². The molecular weight excluding hydrogens is 244 g/mol. The van der Waals surface area contributed by atoms with E-state index >= 15 is 0 Å². The number of rotatable bonds is 4. The maximum absolute atomic E-state index is 11.2. The molecule has 0 radical (unpaired) electrons. The number of aryl methyl sites for hydroxylation is 1. The van der Waals surface area contributed by atoms with Crippen molar-refractivity contribution in [3.63, 3.8) is 0 Å². The molecule has 1 N–H and O–H groups in total. The summed E-state index contributed by atoms with van der Waals surface area (Å²) in [7, 11) is 1.52. The van der Waals surface area contributed by atoms with Crippen LogP contribution < -0.4 is 9.47 Å². The van der Waals surface area contributed by atoms with Crippen molar-refractivity contribution >= 4 is 5.97 Å². The second-order valence-electron chi connectivity index (χ2n) is 4.09. The van der Waals surface area contributed by atoms with Crippen LogP contribution in [0.15, 0.2) is 42.5 Å². The summed E-state index contributed by atoms with van der Waals surface area (Å²) in [6.45, 7) is 1.94. The molecule has 2 rings (SSSR count). The van der Waals surface area contributed by atoms with Crippen molar-refractivity contribution in [1.82, 2.24) is 0 Å². The molecule has 0 aliphatic carbocycles. The Hall–Kier alpha value is -2.49. The zero-order valence-corrected chi connectivity index (χ0v) is 10.7. The topological polar surface area (TPSA) is 55.8 Å². The van der Waals surface area contributed by atoms with E-state index in [1.54, 1.807) is 18.2 Å². The van der Waals surface area contributed by atoms with E-state index in [0.29, 0.717) is 11.5 Å². The molecule has 0 saturated carbocycles. The molecule has 2 aromatic rings. The molecule has 0 amide bonds. The summed E-state index contributed by atoms with van der Waals surface area (Å²) >= 11 is 0. The van der Waals surface area contributed by atoms with Crippen molar-refractivity contribution in [2.75, 3.05) is 7.11 Å². The summed E-state index contributed by atoms with van der Waals surface area (Å²) in [5.41, 5.74) is 1.14. The van der Waals surface area contributed by atoms with Crippen LogP contribution in [0.4, 0.5) is 0 Å². The molecule has 2 aromatic carbocycles. The Morgan fingerprint density at radius 3 is 2.53 bits per heavy atom. The summed E-state index contributed by atoms with van der Waals surface area (Å²) in [6.07, 6.45) is 0. The van der Waals surface area contributed by atoms with Crippen molar-refractivity contribution in [2.24, 2.45) is 0 Å². The van der Waals surface area contributed by atoms with Crippen LogP contribution in [0.1, 0.15) is 15.9 Å². The molecule has 4 nitrogen and oxygen atoms in total. The Morgan fingerprint density at radius 1 is 1.11 bits per heavy atom. The van der Waals surface area contributed by atoms with Crippen LogP contribution in [-0.2, 0) is 0 Å². The van der Waals surface area contributed by atoms with Gasteiger partial charge in [0.15, 0.2) is 0 Å². The summed E-state index contributed by atoms with van der Waals surface area (Å²) in [4.78, 5) is 11.2. The van der Waals surface area contributed by atoms with Crippen LogP contribution >= 0.6 is 0 Å². The lowest BCUT2D eigenvalue weighted by atomic mass is 10.2. The SMILES string of the molecule is COc1ccc(C(=O)O)c(Oc2cccc(C)c2)c1. The normalized spacial score (nSPS) is 10.0. The molecule has 0 heterocycles. The predicted molar refractivity (Wildman–Crippen MR) is 71.2 cm³/mol. The van der Waals surface area contributed by atoms with Crippen molar-refractivity contribution in [1.29, 1.82) is 0 Å². The van der Waals surface area contributed by atoms with Gasteiger partial charge in [0.2, 0.25) is 0 Å². The Bertz CT molecular complexity index is 605. The first-order valence-electron chi connectivity index (χ1n) is 5.76. The van der Waals surface area contributed by atoms with Crippen LogP contribution in [0.25, 0.3) is 0 Å². The quantitative estimate of drug-likeness (QED) is 0.912. The third-order valence-electron chi connectivity index (χ3n) is 2.64. The minimum Gasteiger partial charge on any atom is -0.497 e. The van der Waals surface area contributed by atoms with E-state index in [1.807, 2.05) is 25.1 Å². The van der Waals surface area contributed by atoms with E-state index in [0.717, 1.165) is 5.56 Å². The van der Waals surface area contributed by atoms with E-state index in [1.165, 1.54) is 13.2 Å². The van der Waals surface area contributed by atoms with Crippen LogP contribution in [-0.4, -0.2) is 18.2 Å². The molecule has 19 heavy (non-hydrogen) atoms. The smallest absolute Gasteiger partial charge is 0.339 e. The van der Waals surface area contributed by atoms with E-state index < -0.39 is 5.97 Å². The molecule has 0 saturated heterocycles. The molecule has 0 aliphatic heterocycles. The second-order valence-corrected chi connectivity index (χ2v) is 4.09.